The molecule has 0 fully saturated rings. The molecule has 0 saturated heterocycles. The summed E-state index contributed by atoms with van der Waals surface area (Å²) < 4.78 is 1.70. The molecule has 0 spiro atoms. The second-order valence-corrected chi connectivity index (χ2v) is 7.69. The van der Waals surface area contributed by atoms with Crippen molar-refractivity contribution >= 4 is 34.8 Å². The lowest BCUT2D eigenvalue weighted by atomic mass is 9.92. The highest BCUT2D eigenvalue weighted by Gasteiger charge is 2.21. The Morgan fingerprint density at radius 1 is 1.04 bits per heavy atom. The molecule has 7 heteroatoms. The summed E-state index contributed by atoms with van der Waals surface area (Å²) >= 11 is 5.87. The first-order valence-electron chi connectivity index (χ1n) is 8.52. The summed E-state index contributed by atoms with van der Waals surface area (Å²) in [7, 11) is 0. The van der Waals surface area contributed by atoms with E-state index in [2.05, 4.69) is 36.5 Å². The van der Waals surface area contributed by atoms with Crippen LogP contribution >= 0.6 is 11.6 Å². The summed E-state index contributed by atoms with van der Waals surface area (Å²) in [6.07, 6.45) is 0. The van der Waals surface area contributed by atoms with Gasteiger partial charge in [0.1, 0.15) is 5.82 Å². The number of amides is 2. The Morgan fingerprint density at radius 3 is 2.26 bits per heavy atom. The van der Waals surface area contributed by atoms with Gasteiger partial charge in [0, 0.05) is 27.9 Å². The van der Waals surface area contributed by atoms with Gasteiger partial charge >= 0.3 is 6.03 Å². The number of nitrogen functional groups attached to an aromatic ring is 1. The van der Waals surface area contributed by atoms with Crippen molar-refractivity contribution in [2.45, 2.75) is 26.2 Å². The number of carbonyl (C=O) groups is 1. The van der Waals surface area contributed by atoms with Gasteiger partial charge in [-0.05, 0) is 48.5 Å². The maximum Gasteiger partial charge on any atom is 0.324 e. The molecular formula is C20H22ClN5O. The van der Waals surface area contributed by atoms with Gasteiger partial charge in [-0.25, -0.2) is 9.48 Å². The summed E-state index contributed by atoms with van der Waals surface area (Å²) in [6, 6.07) is 15.7. The number of halogens is 1. The van der Waals surface area contributed by atoms with Crippen molar-refractivity contribution < 1.29 is 4.79 Å². The highest BCUT2D eigenvalue weighted by molar-refractivity contribution is 6.30. The van der Waals surface area contributed by atoms with E-state index in [1.807, 2.05) is 18.2 Å². The fourth-order valence-corrected chi connectivity index (χ4v) is 2.59. The number of nitrogens with one attached hydrogen (secondary N) is 2. The fourth-order valence-electron chi connectivity index (χ4n) is 2.46. The summed E-state index contributed by atoms with van der Waals surface area (Å²) in [4.78, 5) is 12.4. The van der Waals surface area contributed by atoms with Crippen LogP contribution in [-0.4, -0.2) is 15.8 Å². The molecule has 2 aromatic carbocycles. The van der Waals surface area contributed by atoms with Crippen molar-refractivity contribution in [2.75, 3.05) is 16.4 Å². The summed E-state index contributed by atoms with van der Waals surface area (Å²) in [5, 5.41) is 10.9. The number of nitrogens with two attached hydrogens (primary N) is 1. The largest absolute Gasteiger partial charge is 0.399 e. The van der Waals surface area contributed by atoms with Gasteiger partial charge < -0.3 is 11.1 Å². The number of hydrogen-bond donors (Lipinski definition) is 3. The van der Waals surface area contributed by atoms with Crippen molar-refractivity contribution in [3.63, 3.8) is 0 Å². The van der Waals surface area contributed by atoms with E-state index in [9.17, 15) is 4.79 Å². The minimum atomic E-state index is -0.366. The van der Waals surface area contributed by atoms with Crippen LogP contribution in [0.3, 0.4) is 0 Å². The zero-order valence-corrected chi connectivity index (χ0v) is 16.2. The third-order valence-electron chi connectivity index (χ3n) is 3.96. The lowest BCUT2D eigenvalue weighted by Gasteiger charge is -2.14. The Kier molecular flexibility index (Phi) is 5.10. The van der Waals surface area contributed by atoms with Gasteiger partial charge in [0.05, 0.1) is 11.4 Å². The first-order chi connectivity index (χ1) is 12.7. The predicted molar refractivity (Wildman–Crippen MR) is 111 cm³/mol. The maximum absolute atomic E-state index is 12.4. The zero-order valence-electron chi connectivity index (χ0n) is 15.5. The first kappa shape index (κ1) is 18.8. The molecule has 140 valence electrons. The monoisotopic (exact) mass is 383 g/mol. The van der Waals surface area contributed by atoms with Gasteiger partial charge in [0.25, 0.3) is 0 Å². The lowest BCUT2D eigenvalue weighted by molar-refractivity contribution is 0.262. The van der Waals surface area contributed by atoms with Crippen molar-refractivity contribution in [3.8, 4) is 5.69 Å². The van der Waals surface area contributed by atoms with E-state index in [4.69, 9.17) is 17.3 Å². The Labute approximate surface area is 163 Å². The quantitative estimate of drug-likeness (QED) is 0.553. The van der Waals surface area contributed by atoms with Crippen LogP contribution in [-0.2, 0) is 5.41 Å². The van der Waals surface area contributed by atoms with Gasteiger partial charge in [-0.2, -0.15) is 5.10 Å². The Balaban J connectivity index is 1.88. The van der Waals surface area contributed by atoms with Crippen molar-refractivity contribution in [3.05, 3.63) is 65.3 Å². The predicted octanol–water partition coefficient (Wildman–Crippen LogP) is 5.05. The number of urea groups is 1. The van der Waals surface area contributed by atoms with E-state index in [0.717, 1.165) is 11.4 Å². The minimum Gasteiger partial charge on any atom is -0.399 e. The van der Waals surface area contributed by atoms with Crippen molar-refractivity contribution in [1.29, 1.82) is 0 Å². The second kappa shape index (κ2) is 7.32. The maximum atomic E-state index is 12.4. The van der Waals surface area contributed by atoms with Gasteiger partial charge in [0.15, 0.2) is 0 Å². The Bertz CT molecular complexity index is 940. The minimum absolute atomic E-state index is 0.165. The number of nitrogens with zero attached hydrogens (tertiary/aromatic N) is 2. The van der Waals surface area contributed by atoms with Crippen LogP contribution in [0, 0.1) is 0 Å². The van der Waals surface area contributed by atoms with E-state index in [0.29, 0.717) is 22.2 Å². The normalized spacial score (nSPS) is 11.3. The SMILES string of the molecule is CC(C)(C)c1cc(NC(=O)Nc2ccc(Cl)cc2)n(-c2ccc(N)cc2)n1. The van der Waals surface area contributed by atoms with Crippen LogP contribution in [0.1, 0.15) is 26.5 Å². The molecule has 0 radical (unpaired) electrons. The molecule has 0 unspecified atom stereocenters. The molecule has 0 atom stereocenters. The smallest absolute Gasteiger partial charge is 0.324 e. The lowest BCUT2D eigenvalue weighted by Crippen LogP contribution is -2.21. The molecule has 0 aliphatic carbocycles. The molecule has 0 aliphatic heterocycles. The number of rotatable bonds is 3. The molecule has 2 amide bonds. The second-order valence-electron chi connectivity index (χ2n) is 7.25. The molecule has 4 N–H and O–H groups in total. The van der Waals surface area contributed by atoms with Gasteiger partial charge in [-0.1, -0.05) is 32.4 Å². The van der Waals surface area contributed by atoms with Crippen LogP contribution in [0.15, 0.2) is 54.6 Å². The number of hydrogen-bond acceptors (Lipinski definition) is 3. The molecule has 27 heavy (non-hydrogen) atoms. The van der Waals surface area contributed by atoms with E-state index in [1.165, 1.54) is 0 Å². The Hall–Kier alpha value is -2.99. The summed E-state index contributed by atoms with van der Waals surface area (Å²) in [6.45, 7) is 6.21. The van der Waals surface area contributed by atoms with Crippen molar-refractivity contribution in [1.82, 2.24) is 9.78 Å². The number of anilines is 3. The molecule has 1 aromatic heterocycles. The number of carbonyl (C=O) groups excluding carboxylic acids is 1. The van der Waals surface area contributed by atoms with E-state index in [-0.39, 0.29) is 11.4 Å². The van der Waals surface area contributed by atoms with Gasteiger partial charge in [-0.3, -0.25) is 5.32 Å². The molecule has 0 bridgehead atoms. The van der Waals surface area contributed by atoms with E-state index >= 15 is 0 Å². The van der Waals surface area contributed by atoms with Crippen LogP contribution in [0.5, 0.6) is 0 Å². The van der Waals surface area contributed by atoms with Crippen LogP contribution < -0.4 is 16.4 Å². The third kappa shape index (κ3) is 4.60. The van der Waals surface area contributed by atoms with Crippen LogP contribution in [0.4, 0.5) is 22.0 Å². The summed E-state index contributed by atoms with van der Waals surface area (Å²) in [5.74, 6) is 0.566. The Morgan fingerprint density at radius 2 is 1.67 bits per heavy atom. The molecule has 0 aliphatic rings. The average molecular weight is 384 g/mol. The fraction of sp³-hybridized carbons (Fsp3) is 0.200. The molecule has 3 aromatic rings. The van der Waals surface area contributed by atoms with E-state index in [1.54, 1.807) is 41.1 Å². The zero-order chi connectivity index (χ0) is 19.6. The molecule has 1 heterocycles. The van der Waals surface area contributed by atoms with E-state index < -0.39 is 0 Å². The topological polar surface area (TPSA) is 85.0 Å². The number of benzene rings is 2. The average Bonchev–Trinajstić information content (AvgIpc) is 3.02. The first-order valence-corrected chi connectivity index (χ1v) is 8.90. The van der Waals surface area contributed by atoms with Crippen LogP contribution in [0.25, 0.3) is 5.69 Å². The highest BCUT2D eigenvalue weighted by atomic mass is 35.5. The third-order valence-corrected chi connectivity index (χ3v) is 4.21. The summed E-state index contributed by atoms with van der Waals surface area (Å²) in [5.41, 5.74) is 8.59. The highest BCUT2D eigenvalue weighted by Crippen LogP contribution is 2.26. The van der Waals surface area contributed by atoms with Gasteiger partial charge in [0.2, 0.25) is 0 Å². The molecule has 0 saturated carbocycles. The molecule has 6 nitrogen and oxygen atoms in total. The standard InChI is InChI=1S/C20H22ClN5O/c1-20(2,3)17-12-18(26(25-17)16-10-6-14(22)7-11-16)24-19(27)23-15-8-4-13(21)5-9-15/h4-12H,22H2,1-3H3,(H2,23,24,27). The molecule has 3 rings (SSSR count). The van der Waals surface area contributed by atoms with Crippen molar-refractivity contribution in [2.24, 2.45) is 0 Å². The van der Waals surface area contributed by atoms with Crippen LogP contribution in [0.2, 0.25) is 5.02 Å². The van der Waals surface area contributed by atoms with Gasteiger partial charge in [-0.15, -0.1) is 0 Å². The molecular weight excluding hydrogens is 362 g/mol. The number of aromatic nitrogens is 2.